The van der Waals surface area contributed by atoms with E-state index in [0.717, 1.165) is 5.56 Å². The van der Waals surface area contributed by atoms with Crippen LogP contribution in [0, 0.1) is 0 Å². The molecule has 1 aliphatic heterocycles. The van der Waals surface area contributed by atoms with Crippen molar-refractivity contribution in [1.82, 2.24) is 0 Å². The molecule has 0 aliphatic carbocycles. The number of hydrogen-bond donors (Lipinski definition) is 1. The van der Waals surface area contributed by atoms with Gasteiger partial charge in [0, 0.05) is 6.04 Å². The van der Waals surface area contributed by atoms with Gasteiger partial charge in [0.05, 0.1) is 10.6 Å². The Morgan fingerprint density at radius 2 is 1.79 bits per heavy atom. The summed E-state index contributed by atoms with van der Waals surface area (Å²) < 4.78 is 22.8. The maximum Gasteiger partial charge on any atom is 0.180 e. The van der Waals surface area contributed by atoms with Gasteiger partial charge in [-0.25, -0.2) is 8.42 Å². The van der Waals surface area contributed by atoms with Crippen molar-refractivity contribution in [2.75, 3.05) is 5.75 Å². The van der Waals surface area contributed by atoms with Gasteiger partial charge < -0.3 is 5.73 Å². The van der Waals surface area contributed by atoms with E-state index in [-0.39, 0.29) is 36.6 Å². The van der Waals surface area contributed by atoms with Crippen LogP contribution in [0.5, 0.6) is 0 Å². The minimum Gasteiger partial charge on any atom is -0.323 e. The highest BCUT2D eigenvalue weighted by atomic mass is 35.5. The van der Waals surface area contributed by atoms with Crippen molar-refractivity contribution in [2.45, 2.75) is 10.9 Å². The highest BCUT2D eigenvalue weighted by Gasteiger charge is 2.31. The smallest absolute Gasteiger partial charge is 0.180 e. The maximum absolute atomic E-state index is 11.4. The fourth-order valence-electron chi connectivity index (χ4n) is 1.49. The molecular weight excluding hydrogens is 245 g/mol. The molecule has 1 atom stereocenters. The van der Waals surface area contributed by atoms with Gasteiger partial charge in [-0.1, -0.05) is 18.2 Å². The monoisotopic (exact) mass is 255 g/mol. The lowest BCUT2D eigenvalue weighted by Gasteiger charge is -1.99. The first kappa shape index (κ1) is 13.7. The van der Waals surface area contributed by atoms with Gasteiger partial charge in [-0.2, -0.15) is 0 Å². The third-order valence-electron chi connectivity index (χ3n) is 2.05. The minimum absolute atomic E-state index is 0. The Balaban J connectivity index is 0.000000845. The second-order valence-corrected chi connectivity index (χ2v) is 4.93. The summed E-state index contributed by atoms with van der Waals surface area (Å²) in [5.41, 5.74) is 6.39. The minimum atomic E-state index is -3.08. The Morgan fingerprint density at radius 1 is 1.21 bits per heavy atom. The highest BCUT2D eigenvalue weighted by molar-refractivity contribution is 7.91. The number of benzene rings is 1. The number of fused-ring (bicyclic) bond motifs is 1. The van der Waals surface area contributed by atoms with Crippen molar-refractivity contribution in [3.63, 3.8) is 0 Å². The molecule has 2 rings (SSSR count). The van der Waals surface area contributed by atoms with E-state index < -0.39 is 9.84 Å². The quantitative estimate of drug-likeness (QED) is 0.761. The van der Waals surface area contributed by atoms with Crippen molar-refractivity contribution in [1.29, 1.82) is 0 Å². The van der Waals surface area contributed by atoms with E-state index in [1.807, 2.05) is 0 Å². The van der Waals surface area contributed by atoms with Gasteiger partial charge in [0.15, 0.2) is 9.84 Å². The molecule has 0 saturated carbocycles. The Morgan fingerprint density at radius 3 is 2.36 bits per heavy atom. The molecule has 1 aliphatic rings. The molecule has 1 aromatic carbocycles. The van der Waals surface area contributed by atoms with E-state index in [0.29, 0.717) is 4.90 Å². The van der Waals surface area contributed by atoms with Crippen LogP contribution in [0.15, 0.2) is 29.2 Å². The fourth-order valence-corrected chi connectivity index (χ4v) is 3.18. The molecule has 1 unspecified atom stereocenters. The zero-order valence-corrected chi connectivity index (χ0v) is 9.66. The normalized spacial score (nSPS) is 21.6. The summed E-state index contributed by atoms with van der Waals surface area (Å²) in [6, 6.07) is 6.56. The van der Waals surface area contributed by atoms with Crippen LogP contribution in [0.1, 0.15) is 11.6 Å². The molecule has 0 aromatic heterocycles. The first-order chi connectivity index (χ1) is 5.61. The van der Waals surface area contributed by atoms with Crippen molar-refractivity contribution in [3.8, 4) is 0 Å². The second kappa shape index (κ2) is 4.49. The summed E-state index contributed by atoms with van der Waals surface area (Å²) in [5, 5.41) is 0. The van der Waals surface area contributed by atoms with E-state index in [2.05, 4.69) is 0 Å². The summed E-state index contributed by atoms with van der Waals surface area (Å²) >= 11 is 0. The Hall–Kier alpha value is -0.290. The third kappa shape index (κ3) is 2.03. The summed E-state index contributed by atoms with van der Waals surface area (Å²) in [6.07, 6.45) is 0. The molecule has 14 heavy (non-hydrogen) atoms. The topological polar surface area (TPSA) is 60.2 Å². The molecular formula is C8H11Cl2NO2S. The van der Waals surface area contributed by atoms with Crippen LogP contribution >= 0.6 is 24.8 Å². The SMILES string of the molecule is Cl.Cl.NC1CS(=O)(=O)c2ccccc21. The first-order valence-electron chi connectivity index (χ1n) is 3.68. The molecule has 0 amide bonds. The van der Waals surface area contributed by atoms with E-state index >= 15 is 0 Å². The van der Waals surface area contributed by atoms with Gasteiger partial charge in [0.25, 0.3) is 0 Å². The zero-order valence-electron chi connectivity index (χ0n) is 7.21. The molecule has 2 N–H and O–H groups in total. The maximum atomic E-state index is 11.4. The Labute approximate surface area is 95.4 Å². The molecule has 0 bridgehead atoms. The van der Waals surface area contributed by atoms with Crippen molar-refractivity contribution < 1.29 is 8.42 Å². The molecule has 6 heteroatoms. The van der Waals surface area contributed by atoms with Crippen molar-refractivity contribution in [3.05, 3.63) is 29.8 Å². The third-order valence-corrected chi connectivity index (χ3v) is 3.89. The molecule has 0 fully saturated rings. The van der Waals surface area contributed by atoms with E-state index in [4.69, 9.17) is 5.73 Å². The van der Waals surface area contributed by atoms with Crippen LogP contribution < -0.4 is 5.73 Å². The lowest BCUT2D eigenvalue weighted by atomic mass is 10.1. The van der Waals surface area contributed by atoms with Crippen LogP contribution in [0.4, 0.5) is 0 Å². The van der Waals surface area contributed by atoms with Gasteiger partial charge in [-0.05, 0) is 11.6 Å². The van der Waals surface area contributed by atoms with Crippen molar-refractivity contribution >= 4 is 34.7 Å². The van der Waals surface area contributed by atoms with Crippen LogP contribution in [-0.2, 0) is 9.84 Å². The number of halogens is 2. The van der Waals surface area contributed by atoms with Gasteiger partial charge >= 0.3 is 0 Å². The summed E-state index contributed by atoms with van der Waals surface area (Å²) in [6.45, 7) is 0. The lowest BCUT2D eigenvalue weighted by molar-refractivity contribution is 0.598. The second-order valence-electron chi connectivity index (χ2n) is 2.93. The summed E-state index contributed by atoms with van der Waals surface area (Å²) in [5.74, 6) is 0.0480. The van der Waals surface area contributed by atoms with Crippen molar-refractivity contribution in [2.24, 2.45) is 5.73 Å². The Kier molecular flexibility index (Phi) is 4.39. The molecule has 0 radical (unpaired) electrons. The van der Waals surface area contributed by atoms with E-state index in [9.17, 15) is 8.42 Å². The molecule has 80 valence electrons. The molecule has 0 spiro atoms. The number of sulfone groups is 1. The molecule has 3 nitrogen and oxygen atoms in total. The summed E-state index contributed by atoms with van der Waals surface area (Å²) in [4.78, 5) is 0.400. The van der Waals surface area contributed by atoms with E-state index in [1.54, 1.807) is 24.3 Å². The first-order valence-corrected chi connectivity index (χ1v) is 5.34. The largest absolute Gasteiger partial charge is 0.323 e. The standard InChI is InChI=1S/C8H9NO2S.2ClH/c9-7-5-12(10,11)8-4-2-1-3-6(7)8;;/h1-4,7H,5,9H2;2*1H. The van der Waals surface area contributed by atoms with Crippen LogP contribution in [0.3, 0.4) is 0 Å². The Bertz CT molecular complexity index is 419. The van der Waals surface area contributed by atoms with Crippen LogP contribution in [-0.4, -0.2) is 14.2 Å². The highest BCUT2D eigenvalue weighted by Crippen LogP contribution is 2.30. The molecule has 1 aromatic rings. The summed E-state index contributed by atoms with van der Waals surface area (Å²) in [7, 11) is -3.08. The van der Waals surface area contributed by atoms with Gasteiger partial charge in [-0.3, -0.25) is 0 Å². The lowest BCUT2D eigenvalue weighted by Crippen LogP contribution is -2.11. The average molecular weight is 256 g/mol. The molecule has 0 saturated heterocycles. The van der Waals surface area contributed by atoms with Gasteiger partial charge in [0.1, 0.15) is 0 Å². The number of rotatable bonds is 0. The van der Waals surface area contributed by atoms with Gasteiger partial charge in [0.2, 0.25) is 0 Å². The number of hydrogen-bond acceptors (Lipinski definition) is 3. The predicted molar refractivity (Wildman–Crippen MR) is 59.9 cm³/mol. The van der Waals surface area contributed by atoms with E-state index in [1.165, 1.54) is 0 Å². The zero-order chi connectivity index (χ0) is 8.77. The van der Waals surface area contributed by atoms with Crippen LogP contribution in [0.25, 0.3) is 0 Å². The van der Waals surface area contributed by atoms with Crippen LogP contribution in [0.2, 0.25) is 0 Å². The molecule has 1 heterocycles. The fraction of sp³-hybridized carbons (Fsp3) is 0.250. The average Bonchev–Trinajstić information content (AvgIpc) is 2.25. The predicted octanol–water partition coefficient (Wildman–Crippen LogP) is 1.32. The number of nitrogens with two attached hydrogens (primary N) is 1. The van der Waals surface area contributed by atoms with Gasteiger partial charge in [-0.15, -0.1) is 24.8 Å².